The van der Waals surface area contributed by atoms with Gasteiger partial charge < -0.3 is 5.32 Å². The molecule has 0 unspecified atom stereocenters. The zero-order valence-electron chi connectivity index (χ0n) is 13.2. The Labute approximate surface area is 138 Å². The van der Waals surface area contributed by atoms with Crippen LogP contribution in [0.25, 0.3) is 0 Å². The van der Waals surface area contributed by atoms with Crippen molar-refractivity contribution >= 4 is 21.6 Å². The monoisotopic (exact) mass is 364 g/mol. The van der Waals surface area contributed by atoms with Gasteiger partial charge >= 0.3 is 6.18 Å². The third-order valence-electron chi connectivity index (χ3n) is 3.82. The number of anilines is 1. The quantitative estimate of drug-likeness (QED) is 0.892. The van der Waals surface area contributed by atoms with E-state index >= 15 is 0 Å². The third kappa shape index (κ3) is 4.07. The Kier molecular flexibility index (Phi) is 5.54. The summed E-state index contributed by atoms with van der Waals surface area (Å²) < 4.78 is 66.1. The number of sulfonamides is 1. The third-order valence-corrected chi connectivity index (χ3v) is 5.76. The van der Waals surface area contributed by atoms with E-state index in [-0.39, 0.29) is 25.2 Å². The molecule has 0 bridgehead atoms. The fourth-order valence-corrected chi connectivity index (χ4v) is 4.30. The highest BCUT2D eigenvalue weighted by molar-refractivity contribution is 7.89. The molecule has 1 amide bonds. The van der Waals surface area contributed by atoms with E-state index in [4.69, 9.17) is 0 Å². The van der Waals surface area contributed by atoms with Crippen LogP contribution in [0.3, 0.4) is 0 Å². The number of carbonyl (C=O) groups is 1. The van der Waals surface area contributed by atoms with Crippen LogP contribution < -0.4 is 5.32 Å². The van der Waals surface area contributed by atoms with Crippen LogP contribution in [0.4, 0.5) is 18.9 Å². The number of nitrogens with zero attached hydrogens (tertiary/aromatic N) is 1. The zero-order valence-corrected chi connectivity index (χ0v) is 14.0. The van der Waals surface area contributed by atoms with Gasteiger partial charge in [-0.15, -0.1) is 0 Å². The predicted octanol–water partition coefficient (Wildman–Crippen LogP) is 3.23. The number of carbonyl (C=O) groups excluding carboxylic acids is 1. The fourth-order valence-electron chi connectivity index (χ4n) is 2.54. The molecule has 5 nitrogen and oxygen atoms in total. The largest absolute Gasteiger partial charge is 0.417 e. The van der Waals surface area contributed by atoms with Crippen LogP contribution in [0, 0.1) is 0 Å². The average Bonchev–Trinajstić information content (AvgIpc) is 2.54. The second kappa shape index (κ2) is 7.10. The topological polar surface area (TPSA) is 66.5 Å². The smallest absolute Gasteiger partial charge is 0.326 e. The van der Waals surface area contributed by atoms with Crippen molar-refractivity contribution in [2.75, 3.05) is 18.4 Å². The molecule has 1 aliphatic rings. The van der Waals surface area contributed by atoms with E-state index in [0.717, 1.165) is 22.9 Å². The first kappa shape index (κ1) is 18.7. The standard InChI is InChI=1S/C15H19F3N2O3S/c1-2-14(21)19-11-6-7-12(15(16,17)18)13(10-11)24(22,23)20-8-4-3-5-9-20/h6-7,10H,2-5,8-9H2,1H3,(H,19,21). The Morgan fingerprint density at radius 2 is 1.83 bits per heavy atom. The number of nitrogens with one attached hydrogen (secondary N) is 1. The zero-order chi connectivity index (χ0) is 18.0. The highest BCUT2D eigenvalue weighted by Gasteiger charge is 2.39. The molecule has 1 N–H and O–H groups in total. The Morgan fingerprint density at radius 3 is 2.38 bits per heavy atom. The van der Waals surface area contributed by atoms with Gasteiger partial charge in [0.05, 0.1) is 10.5 Å². The molecule has 1 heterocycles. The summed E-state index contributed by atoms with van der Waals surface area (Å²) in [7, 11) is -4.28. The van der Waals surface area contributed by atoms with Crippen molar-refractivity contribution in [2.45, 2.75) is 43.7 Å². The van der Waals surface area contributed by atoms with Gasteiger partial charge in [0.2, 0.25) is 15.9 Å². The molecule has 24 heavy (non-hydrogen) atoms. The normalized spacial score (nSPS) is 16.8. The Morgan fingerprint density at radius 1 is 1.21 bits per heavy atom. The lowest BCUT2D eigenvalue weighted by atomic mass is 10.2. The summed E-state index contributed by atoms with van der Waals surface area (Å²) in [6.07, 6.45) is -2.58. The molecule has 9 heteroatoms. The number of hydrogen-bond acceptors (Lipinski definition) is 3. The van der Waals surface area contributed by atoms with Crippen LogP contribution in [-0.4, -0.2) is 31.7 Å². The molecule has 1 aromatic rings. The van der Waals surface area contributed by atoms with Crippen molar-refractivity contribution in [3.63, 3.8) is 0 Å². The first-order chi connectivity index (χ1) is 11.2. The van der Waals surface area contributed by atoms with Crippen LogP contribution in [0.15, 0.2) is 23.1 Å². The number of rotatable bonds is 4. The number of piperidine rings is 1. The molecule has 1 aliphatic heterocycles. The first-order valence-electron chi connectivity index (χ1n) is 7.67. The number of alkyl halides is 3. The summed E-state index contributed by atoms with van der Waals surface area (Å²) in [6, 6.07) is 2.65. The van der Waals surface area contributed by atoms with E-state index in [1.165, 1.54) is 0 Å². The van der Waals surface area contributed by atoms with E-state index in [1.807, 2.05) is 0 Å². The van der Waals surface area contributed by atoms with Gasteiger partial charge in [-0.05, 0) is 31.0 Å². The van der Waals surface area contributed by atoms with Gasteiger partial charge in [0.15, 0.2) is 0 Å². The van der Waals surface area contributed by atoms with E-state index in [9.17, 15) is 26.4 Å². The van der Waals surface area contributed by atoms with Crippen LogP contribution in [0.2, 0.25) is 0 Å². The van der Waals surface area contributed by atoms with Crippen LogP contribution in [0.5, 0.6) is 0 Å². The van der Waals surface area contributed by atoms with E-state index in [1.54, 1.807) is 6.92 Å². The lowest BCUT2D eigenvalue weighted by Crippen LogP contribution is -2.36. The molecule has 1 fully saturated rings. The van der Waals surface area contributed by atoms with Crippen LogP contribution in [0.1, 0.15) is 38.2 Å². The molecule has 134 valence electrons. The van der Waals surface area contributed by atoms with Gasteiger partial charge in [-0.25, -0.2) is 8.42 Å². The highest BCUT2D eigenvalue weighted by Crippen LogP contribution is 2.37. The minimum atomic E-state index is -4.80. The maximum absolute atomic E-state index is 13.2. The van der Waals surface area contributed by atoms with Gasteiger partial charge in [-0.2, -0.15) is 17.5 Å². The number of benzene rings is 1. The Bertz CT molecular complexity index is 711. The van der Waals surface area contributed by atoms with Crippen molar-refractivity contribution in [3.05, 3.63) is 23.8 Å². The molecule has 0 spiro atoms. The summed E-state index contributed by atoms with van der Waals surface area (Å²) in [5.41, 5.74) is -1.19. The van der Waals surface area contributed by atoms with Gasteiger partial charge in [0, 0.05) is 25.2 Å². The lowest BCUT2D eigenvalue weighted by Gasteiger charge is -2.27. The first-order valence-corrected chi connectivity index (χ1v) is 9.11. The van der Waals surface area contributed by atoms with Gasteiger partial charge in [-0.1, -0.05) is 13.3 Å². The maximum atomic E-state index is 13.2. The molecule has 2 rings (SSSR count). The molecule has 0 radical (unpaired) electrons. The predicted molar refractivity (Wildman–Crippen MR) is 83.0 cm³/mol. The number of halogens is 3. The summed E-state index contributed by atoms with van der Waals surface area (Å²) in [4.78, 5) is 10.6. The van der Waals surface area contributed by atoms with Crippen LogP contribution in [-0.2, 0) is 21.0 Å². The van der Waals surface area contributed by atoms with Crippen molar-refractivity contribution < 1.29 is 26.4 Å². The number of amides is 1. The van der Waals surface area contributed by atoms with Gasteiger partial charge in [-0.3, -0.25) is 4.79 Å². The van der Waals surface area contributed by atoms with E-state index in [0.29, 0.717) is 18.9 Å². The Hall–Kier alpha value is -1.61. The molecular weight excluding hydrogens is 345 g/mol. The van der Waals surface area contributed by atoms with Gasteiger partial charge in [0.1, 0.15) is 0 Å². The Balaban J connectivity index is 2.50. The minimum Gasteiger partial charge on any atom is -0.326 e. The van der Waals surface area contributed by atoms with Gasteiger partial charge in [0.25, 0.3) is 0 Å². The second-order valence-electron chi connectivity index (χ2n) is 5.58. The van der Waals surface area contributed by atoms with E-state index in [2.05, 4.69) is 5.32 Å². The second-order valence-corrected chi connectivity index (χ2v) is 7.48. The number of hydrogen-bond donors (Lipinski definition) is 1. The summed E-state index contributed by atoms with van der Waals surface area (Å²) in [5, 5.41) is 2.40. The molecule has 0 atom stereocenters. The van der Waals surface area contributed by atoms with Crippen molar-refractivity contribution in [2.24, 2.45) is 0 Å². The van der Waals surface area contributed by atoms with Crippen molar-refractivity contribution in [1.82, 2.24) is 4.31 Å². The molecule has 0 aliphatic carbocycles. The summed E-state index contributed by atoms with van der Waals surface area (Å²) in [5.74, 6) is -0.406. The molecule has 1 aromatic carbocycles. The van der Waals surface area contributed by atoms with Crippen molar-refractivity contribution in [1.29, 1.82) is 0 Å². The lowest BCUT2D eigenvalue weighted by molar-refractivity contribution is -0.139. The average molecular weight is 364 g/mol. The molecule has 0 aromatic heterocycles. The summed E-state index contributed by atoms with van der Waals surface area (Å²) >= 11 is 0. The van der Waals surface area contributed by atoms with E-state index < -0.39 is 32.6 Å². The summed E-state index contributed by atoms with van der Waals surface area (Å²) in [6.45, 7) is 1.99. The fraction of sp³-hybridized carbons (Fsp3) is 0.533. The molecule has 1 saturated heterocycles. The highest BCUT2D eigenvalue weighted by atomic mass is 32.2. The molecular formula is C15H19F3N2O3S. The van der Waals surface area contributed by atoms with Crippen LogP contribution >= 0.6 is 0 Å². The minimum absolute atomic E-state index is 0.0328. The molecule has 0 saturated carbocycles. The van der Waals surface area contributed by atoms with Crippen molar-refractivity contribution in [3.8, 4) is 0 Å². The SMILES string of the molecule is CCC(=O)Nc1ccc(C(F)(F)F)c(S(=O)(=O)N2CCCCC2)c1. The maximum Gasteiger partial charge on any atom is 0.417 e.